The predicted molar refractivity (Wildman–Crippen MR) is 66.0 cm³/mol. The fourth-order valence-electron chi connectivity index (χ4n) is 1.92. The van der Waals surface area contributed by atoms with E-state index in [2.05, 4.69) is 11.1 Å². The number of halogens is 1. The molecule has 2 aromatic carbocycles. The van der Waals surface area contributed by atoms with Crippen molar-refractivity contribution in [2.45, 2.75) is 0 Å². The lowest BCUT2D eigenvalue weighted by Crippen LogP contribution is -1.87. The minimum Gasteiger partial charge on any atom is -0.256 e. The molecule has 1 aromatic heterocycles. The van der Waals surface area contributed by atoms with Gasteiger partial charge in [0.25, 0.3) is 0 Å². The second-order valence-corrected chi connectivity index (χ2v) is 3.79. The lowest BCUT2D eigenvalue weighted by atomic mass is 10.0. The van der Waals surface area contributed by atoms with Crippen molar-refractivity contribution >= 4 is 10.8 Å². The van der Waals surface area contributed by atoms with Crippen LogP contribution in [-0.4, -0.2) is 4.98 Å². The van der Waals surface area contributed by atoms with Crippen molar-refractivity contribution in [3.05, 3.63) is 66.6 Å². The zero-order valence-electron chi connectivity index (χ0n) is 9.02. The van der Waals surface area contributed by atoms with E-state index in [1.165, 1.54) is 6.07 Å². The Morgan fingerprint density at radius 3 is 2.65 bits per heavy atom. The van der Waals surface area contributed by atoms with Gasteiger partial charge in [-0.25, -0.2) is 4.39 Å². The summed E-state index contributed by atoms with van der Waals surface area (Å²) in [7, 11) is 0. The van der Waals surface area contributed by atoms with E-state index in [4.69, 9.17) is 0 Å². The Morgan fingerprint density at radius 1 is 1.00 bits per heavy atom. The van der Waals surface area contributed by atoms with E-state index in [9.17, 15) is 4.39 Å². The summed E-state index contributed by atoms with van der Waals surface area (Å²) in [5.41, 5.74) is 1.45. The Kier molecular flexibility index (Phi) is 2.33. The lowest BCUT2D eigenvalue weighted by Gasteiger charge is -2.05. The molecule has 81 valence electrons. The first-order valence-corrected chi connectivity index (χ1v) is 5.36. The predicted octanol–water partition coefficient (Wildman–Crippen LogP) is 3.84. The molecule has 1 heterocycles. The maximum Gasteiger partial charge on any atom is 0.132 e. The van der Waals surface area contributed by atoms with Crippen molar-refractivity contribution < 1.29 is 4.39 Å². The number of fused-ring (bicyclic) bond motifs is 1. The molecule has 3 rings (SSSR count). The molecule has 0 unspecified atom stereocenters. The van der Waals surface area contributed by atoms with Crippen LogP contribution in [0, 0.1) is 11.9 Å². The van der Waals surface area contributed by atoms with Gasteiger partial charge < -0.3 is 0 Å². The van der Waals surface area contributed by atoms with Gasteiger partial charge in [0, 0.05) is 17.8 Å². The SMILES string of the molecule is Fc1[c]c(-c2ccccn2)c2ccccc2c1. The van der Waals surface area contributed by atoms with Crippen LogP contribution < -0.4 is 0 Å². The van der Waals surface area contributed by atoms with Crippen molar-refractivity contribution in [2.24, 2.45) is 0 Å². The summed E-state index contributed by atoms with van der Waals surface area (Å²) in [6, 6.07) is 17.5. The summed E-state index contributed by atoms with van der Waals surface area (Å²) < 4.78 is 13.5. The highest BCUT2D eigenvalue weighted by molar-refractivity contribution is 5.95. The molecule has 17 heavy (non-hydrogen) atoms. The number of hydrogen-bond donors (Lipinski definition) is 0. The van der Waals surface area contributed by atoms with Crippen LogP contribution in [0.5, 0.6) is 0 Å². The average Bonchev–Trinajstić information content (AvgIpc) is 2.39. The molecule has 0 saturated heterocycles. The third-order valence-corrected chi connectivity index (χ3v) is 2.68. The molecule has 0 aliphatic heterocycles. The van der Waals surface area contributed by atoms with Crippen LogP contribution in [0.1, 0.15) is 0 Å². The molecule has 0 spiro atoms. The molecule has 1 radical (unpaired) electrons. The van der Waals surface area contributed by atoms with Crippen molar-refractivity contribution in [3.63, 3.8) is 0 Å². The molecule has 0 saturated carbocycles. The number of benzene rings is 2. The largest absolute Gasteiger partial charge is 0.256 e. The molecule has 0 bridgehead atoms. The molecule has 0 N–H and O–H groups in total. The van der Waals surface area contributed by atoms with Crippen LogP contribution in [-0.2, 0) is 0 Å². The molecular weight excluding hydrogens is 213 g/mol. The summed E-state index contributed by atoms with van der Waals surface area (Å²) in [6.07, 6.45) is 1.70. The summed E-state index contributed by atoms with van der Waals surface area (Å²) in [4.78, 5) is 4.24. The first-order valence-electron chi connectivity index (χ1n) is 5.36. The van der Waals surface area contributed by atoms with E-state index in [0.717, 1.165) is 16.5 Å². The maximum atomic E-state index is 13.5. The Morgan fingerprint density at radius 2 is 1.82 bits per heavy atom. The van der Waals surface area contributed by atoms with Crippen molar-refractivity contribution in [2.75, 3.05) is 0 Å². The fraction of sp³-hybridized carbons (Fsp3) is 0. The van der Waals surface area contributed by atoms with Gasteiger partial charge >= 0.3 is 0 Å². The highest BCUT2D eigenvalue weighted by atomic mass is 19.1. The van der Waals surface area contributed by atoms with Crippen LogP contribution in [0.3, 0.4) is 0 Å². The summed E-state index contributed by atoms with van der Waals surface area (Å²) in [5, 5.41) is 1.83. The van der Waals surface area contributed by atoms with Crippen molar-refractivity contribution in [1.29, 1.82) is 0 Å². The quantitative estimate of drug-likeness (QED) is 0.609. The van der Waals surface area contributed by atoms with Crippen molar-refractivity contribution in [3.8, 4) is 11.3 Å². The highest BCUT2D eigenvalue weighted by Crippen LogP contribution is 2.27. The highest BCUT2D eigenvalue weighted by Gasteiger charge is 2.07. The number of nitrogens with zero attached hydrogens (tertiary/aromatic N) is 1. The van der Waals surface area contributed by atoms with Gasteiger partial charge in [0.1, 0.15) is 5.82 Å². The van der Waals surface area contributed by atoms with Crippen LogP contribution in [0.25, 0.3) is 22.0 Å². The van der Waals surface area contributed by atoms with E-state index in [1.54, 1.807) is 6.20 Å². The van der Waals surface area contributed by atoms with Gasteiger partial charge in [-0.1, -0.05) is 30.3 Å². The molecule has 0 fully saturated rings. The summed E-state index contributed by atoms with van der Waals surface area (Å²) in [6.45, 7) is 0. The lowest BCUT2D eigenvalue weighted by molar-refractivity contribution is 0.628. The summed E-state index contributed by atoms with van der Waals surface area (Å²) >= 11 is 0. The zero-order chi connectivity index (χ0) is 11.7. The van der Waals surface area contributed by atoms with E-state index >= 15 is 0 Å². The van der Waals surface area contributed by atoms with Crippen LogP contribution in [0.2, 0.25) is 0 Å². The van der Waals surface area contributed by atoms with Gasteiger partial charge in [0.05, 0.1) is 5.69 Å². The first kappa shape index (κ1) is 9.97. The number of rotatable bonds is 1. The molecule has 0 aliphatic rings. The van der Waals surface area contributed by atoms with Gasteiger partial charge in [0.2, 0.25) is 0 Å². The van der Waals surface area contributed by atoms with Gasteiger partial charge in [-0.3, -0.25) is 4.98 Å². The molecule has 0 amide bonds. The van der Waals surface area contributed by atoms with Gasteiger partial charge in [0.15, 0.2) is 0 Å². The van der Waals surface area contributed by atoms with E-state index in [1.807, 2.05) is 42.5 Å². The third kappa shape index (κ3) is 1.78. The second kappa shape index (κ2) is 3.98. The number of hydrogen-bond acceptors (Lipinski definition) is 1. The number of pyridine rings is 1. The molecular formula is C15H9FN. The third-order valence-electron chi connectivity index (χ3n) is 2.68. The topological polar surface area (TPSA) is 12.9 Å². The average molecular weight is 222 g/mol. The Bertz CT molecular complexity index is 662. The van der Waals surface area contributed by atoms with Gasteiger partial charge in [-0.2, -0.15) is 0 Å². The molecule has 0 atom stereocenters. The van der Waals surface area contributed by atoms with Crippen LogP contribution in [0.15, 0.2) is 54.7 Å². The van der Waals surface area contributed by atoms with Crippen LogP contribution >= 0.6 is 0 Å². The van der Waals surface area contributed by atoms with Gasteiger partial charge in [-0.15, -0.1) is 0 Å². The van der Waals surface area contributed by atoms with Crippen LogP contribution in [0.4, 0.5) is 4.39 Å². The zero-order valence-corrected chi connectivity index (χ0v) is 9.02. The van der Waals surface area contributed by atoms with E-state index in [-0.39, 0.29) is 5.82 Å². The molecule has 3 aromatic rings. The Hall–Kier alpha value is -2.22. The first-order chi connectivity index (χ1) is 8.34. The Balaban J connectivity index is 2.36. The smallest absolute Gasteiger partial charge is 0.132 e. The van der Waals surface area contributed by atoms with E-state index < -0.39 is 0 Å². The summed E-state index contributed by atoms with van der Waals surface area (Å²) in [5.74, 6) is -0.357. The van der Waals surface area contributed by atoms with Gasteiger partial charge in [-0.05, 0) is 29.0 Å². The standard InChI is InChI=1S/C15H9FN/c16-12-9-11-5-1-2-6-13(11)14(10-12)15-7-3-4-8-17-15/h1-9H. The molecule has 2 heteroatoms. The minimum absolute atomic E-state index is 0.357. The molecule has 0 aliphatic carbocycles. The second-order valence-electron chi connectivity index (χ2n) is 3.79. The maximum absolute atomic E-state index is 13.5. The molecule has 1 nitrogen and oxygen atoms in total. The Labute approximate surface area is 98.6 Å². The normalized spacial score (nSPS) is 10.6. The minimum atomic E-state index is -0.357. The number of aromatic nitrogens is 1. The van der Waals surface area contributed by atoms with E-state index in [0.29, 0.717) is 5.56 Å². The van der Waals surface area contributed by atoms with Crippen molar-refractivity contribution in [1.82, 2.24) is 4.98 Å². The fourth-order valence-corrected chi connectivity index (χ4v) is 1.92. The monoisotopic (exact) mass is 222 g/mol.